The number of rotatable bonds is 5. The molecule has 0 spiro atoms. The van der Waals surface area contributed by atoms with Crippen LogP contribution in [0.1, 0.15) is 39.5 Å². The summed E-state index contributed by atoms with van der Waals surface area (Å²) in [4.78, 5) is 0. The first-order chi connectivity index (χ1) is 5.27. The van der Waals surface area contributed by atoms with E-state index in [2.05, 4.69) is 26.5 Å². The van der Waals surface area contributed by atoms with Crippen LogP contribution in [-0.4, -0.2) is 0 Å². The molecule has 0 heterocycles. The van der Waals surface area contributed by atoms with Crippen LogP contribution in [0.3, 0.4) is 0 Å². The molecule has 1 saturated carbocycles. The van der Waals surface area contributed by atoms with Gasteiger partial charge in [-0.25, -0.2) is 0 Å². The molecule has 0 bridgehead atoms. The van der Waals surface area contributed by atoms with Gasteiger partial charge in [-0.15, -0.1) is 6.58 Å². The fraction of sp³-hybridized carbons (Fsp3) is 0.818. The molecule has 0 aromatic carbocycles. The standard InChI is InChI=1S/C11H20/c1-4-6-10-8-11(10)7-9(3)5-2/h4,9-11H,1,5-8H2,2-3H3. The van der Waals surface area contributed by atoms with Crippen LogP contribution < -0.4 is 0 Å². The van der Waals surface area contributed by atoms with E-state index < -0.39 is 0 Å². The molecule has 1 rings (SSSR count). The van der Waals surface area contributed by atoms with Crippen LogP contribution >= 0.6 is 0 Å². The molecule has 3 unspecified atom stereocenters. The highest BCUT2D eigenvalue weighted by Crippen LogP contribution is 2.45. The van der Waals surface area contributed by atoms with E-state index in [4.69, 9.17) is 0 Å². The number of hydrogen-bond acceptors (Lipinski definition) is 0. The molecular formula is C11H20. The number of allylic oxidation sites excluding steroid dienone is 1. The Kier molecular flexibility index (Phi) is 3.16. The molecule has 11 heavy (non-hydrogen) atoms. The molecule has 0 aliphatic heterocycles. The van der Waals surface area contributed by atoms with Gasteiger partial charge in [0.1, 0.15) is 0 Å². The van der Waals surface area contributed by atoms with Gasteiger partial charge in [-0.1, -0.05) is 26.3 Å². The largest absolute Gasteiger partial charge is 0.103 e. The van der Waals surface area contributed by atoms with Crippen molar-refractivity contribution in [2.45, 2.75) is 39.5 Å². The quantitative estimate of drug-likeness (QED) is 0.528. The summed E-state index contributed by atoms with van der Waals surface area (Å²) >= 11 is 0. The first kappa shape index (κ1) is 8.83. The van der Waals surface area contributed by atoms with Gasteiger partial charge in [0.25, 0.3) is 0 Å². The monoisotopic (exact) mass is 152 g/mol. The van der Waals surface area contributed by atoms with Crippen molar-refractivity contribution in [3.05, 3.63) is 12.7 Å². The van der Waals surface area contributed by atoms with Crippen molar-refractivity contribution in [1.29, 1.82) is 0 Å². The highest BCUT2D eigenvalue weighted by Gasteiger charge is 2.35. The van der Waals surface area contributed by atoms with Gasteiger partial charge < -0.3 is 0 Å². The molecule has 0 aromatic rings. The van der Waals surface area contributed by atoms with Crippen LogP contribution in [0.4, 0.5) is 0 Å². The van der Waals surface area contributed by atoms with E-state index in [1.165, 1.54) is 25.7 Å². The van der Waals surface area contributed by atoms with Gasteiger partial charge >= 0.3 is 0 Å². The topological polar surface area (TPSA) is 0 Å². The van der Waals surface area contributed by atoms with Gasteiger partial charge in [0.05, 0.1) is 0 Å². The minimum absolute atomic E-state index is 0.940. The second kappa shape index (κ2) is 3.94. The molecule has 0 nitrogen and oxygen atoms in total. The maximum Gasteiger partial charge on any atom is -0.0322 e. The predicted molar refractivity (Wildman–Crippen MR) is 50.5 cm³/mol. The second-order valence-corrected chi connectivity index (χ2v) is 4.03. The molecular weight excluding hydrogens is 132 g/mol. The van der Waals surface area contributed by atoms with E-state index in [1.54, 1.807) is 0 Å². The third kappa shape index (κ3) is 2.69. The Labute approximate surface area is 70.7 Å². The van der Waals surface area contributed by atoms with Gasteiger partial charge in [0.2, 0.25) is 0 Å². The summed E-state index contributed by atoms with van der Waals surface area (Å²) in [6.07, 6.45) is 7.59. The van der Waals surface area contributed by atoms with Crippen molar-refractivity contribution < 1.29 is 0 Å². The lowest BCUT2D eigenvalue weighted by atomic mass is 10.0. The zero-order chi connectivity index (χ0) is 8.27. The zero-order valence-electron chi connectivity index (χ0n) is 7.84. The fourth-order valence-corrected chi connectivity index (χ4v) is 1.79. The van der Waals surface area contributed by atoms with Gasteiger partial charge in [-0.2, -0.15) is 0 Å². The molecule has 64 valence electrons. The molecule has 0 amide bonds. The fourth-order valence-electron chi connectivity index (χ4n) is 1.79. The van der Waals surface area contributed by atoms with Crippen molar-refractivity contribution in [1.82, 2.24) is 0 Å². The van der Waals surface area contributed by atoms with Crippen molar-refractivity contribution in [3.8, 4) is 0 Å². The summed E-state index contributed by atoms with van der Waals surface area (Å²) in [5.74, 6) is 2.99. The molecule has 0 radical (unpaired) electrons. The lowest BCUT2D eigenvalue weighted by Crippen LogP contribution is -1.94. The first-order valence-corrected chi connectivity index (χ1v) is 4.88. The first-order valence-electron chi connectivity index (χ1n) is 4.88. The lowest BCUT2D eigenvalue weighted by Gasteiger charge is -2.05. The van der Waals surface area contributed by atoms with Crippen LogP contribution in [0.5, 0.6) is 0 Å². The summed E-state index contributed by atoms with van der Waals surface area (Å²) in [6.45, 7) is 8.43. The summed E-state index contributed by atoms with van der Waals surface area (Å²) in [5.41, 5.74) is 0. The van der Waals surface area contributed by atoms with Crippen molar-refractivity contribution in [3.63, 3.8) is 0 Å². The van der Waals surface area contributed by atoms with Crippen molar-refractivity contribution in [2.75, 3.05) is 0 Å². The van der Waals surface area contributed by atoms with Crippen LogP contribution in [0.15, 0.2) is 12.7 Å². The maximum absolute atomic E-state index is 3.77. The normalized spacial score (nSPS) is 31.5. The third-order valence-corrected chi connectivity index (χ3v) is 2.94. The molecule has 0 heteroatoms. The van der Waals surface area contributed by atoms with E-state index >= 15 is 0 Å². The Hall–Kier alpha value is -0.260. The Morgan fingerprint density at radius 1 is 1.55 bits per heavy atom. The Morgan fingerprint density at radius 2 is 2.27 bits per heavy atom. The minimum atomic E-state index is 0.940. The summed E-state index contributed by atoms with van der Waals surface area (Å²) in [5, 5.41) is 0. The van der Waals surface area contributed by atoms with E-state index in [0.29, 0.717) is 0 Å². The highest BCUT2D eigenvalue weighted by molar-refractivity contribution is 4.91. The van der Waals surface area contributed by atoms with Gasteiger partial charge in [-0.05, 0) is 37.0 Å². The van der Waals surface area contributed by atoms with Gasteiger partial charge in [-0.3, -0.25) is 0 Å². The number of hydrogen-bond donors (Lipinski definition) is 0. The summed E-state index contributed by atoms with van der Waals surface area (Å²) < 4.78 is 0. The highest BCUT2D eigenvalue weighted by atomic mass is 14.4. The van der Waals surface area contributed by atoms with Crippen molar-refractivity contribution in [2.24, 2.45) is 17.8 Å². The van der Waals surface area contributed by atoms with Crippen LogP contribution in [0, 0.1) is 17.8 Å². The Bertz CT molecular complexity index is 126. The SMILES string of the molecule is C=CCC1CC1CC(C)CC. The Morgan fingerprint density at radius 3 is 2.82 bits per heavy atom. The molecule has 3 atom stereocenters. The third-order valence-electron chi connectivity index (χ3n) is 2.94. The van der Waals surface area contributed by atoms with E-state index in [9.17, 15) is 0 Å². The average molecular weight is 152 g/mol. The average Bonchev–Trinajstić information content (AvgIpc) is 2.69. The van der Waals surface area contributed by atoms with E-state index in [-0.39, 0.29) is 0 Å². The maximum atomic E-state index is 3.77. The molecule has 0 N–H and O–H groups in total. The van der Waals surface area contributed by atoms with Crippen LogP contribution in [0.2, 0.25) is 0 Å². The molecule has 0 saturated heterocycles. The second-order valence-electron chi connectivity index (χ2n) is 4.03. The lowest BCUT2D eigenvalue weighted by molar-refractivity contribution is 0.464. The summed E-state index contributed by atoms with van der Waals surface area (Å²) in [6, 6.07) is 0. The van der Waals surface area contributed by atoms with Crippen molar-refractivity contribution >= 4 is 0 Å². The Balaban J connectivity index is 2.07. The molecule has 1 aliphatic rings. The van der Waals surface area contributed by atoms with E-state index in [1.807, 2.05) is 0 Å². The molecule has 0 aromatic heterocycles. The molecule has 1 aliphatic carbocycles. The smallest absolute Gasteiger partial charge is 0.0322 e. The van der Waals surface area contributed by atoms with E-state index in [0.717, 1.165) is 17.8 Å². The van der Waals surface area contributed by atoms with Gasteiger partial charge in [0.15, 0.2) is 0 Å². The zero-order valence-corrected chi connectivity index (χ0v) is 7.84. The van der Waals surface area contributed by atoms with Crippen LogP contribution in [-0.2, 0) is 0 Å². The van der Waals surface area contributed by atoms with Crippen LogP contribution in [0.25, 0.3) is 0 Å². The summed E-state index contributed by atoms with van der Waals surface area (Å²) in [7, 11) is 0. The predicted octanol–water partition coefficient (Wildman–Crippen LogP) is 3.63. The molecule has 1 fully saturated rings. The minimum Gasteiger partial charge on any atom is -0.103 e. The van der Waals surface area contributed by atoms with Gasteiger partial charge in [0, 0.05) is 0 Å².